The van der Waals surface area contributed by atoms with E-state index in [1.165, 1.54) is 11.3 Å². The zero-order valence-corrected chi connectivity index (χ0v) is 13.5. The molecule has 2 aromatic rings. The molecule has 0 radical (unpaired) electrons. The fourth-order valence-corrected chi connectivity index (χ4v) is 4.00. The van der Waals surface area contributed by atoms with Crippen LogP contribution in [0.1, 0.15) is 16.1 Å². The molecule has 0 saturated carbocycles. The van der Waals surface area contributed by atoms with Crippen molar-refractivity contribution in [3.05, 3.63) is 27.5 Å². The number of primary amides is 1. The van der Waals surface area contributed by atoms with Crippen LogP contribution in [-0.2, 0) is 4.79 Å². The standard InChI is InChI=1S/C14H14BrN3O2S/c15-8-1-2-10-9(5-8)11(16)12(21-10)14(20)18-4-3-7(6-18)13(17)19/h1-2,5,7H,3-4,6,16H2,(H2,17,19). The molecule has 1 aliphatic heterocycles. The van der Waals surface area contributed by atoms with Gasteiger partial charge in [0.2, 0.25) is 5.91 Å². The Morgan fingerprint density at radius 3 is 2.81 bits per heavy atom. The van der Waals surface area contributed by atoms with Crippen molar-refractivity contribution in [3.8, 4) is 0 Å². The number of nitrogens with zero attached hydrogens (tertiary/aromatic N) is 1. The van der Waals surface area contributed by atoms with Crippen LogP contribution in [-0.4, -0.2) is 29.8 Å². The molecule has 1 aromatic carbocycles. The molecule has 7 heteroatoms. The summed E-state index contributed by atoms with van der Waals surface area (Å²) in [4.78, 5) is 26.0. The van der Waals surface area contributed by atoms with Crippen LogP contribution in [0.5, 0.6) is 0 Å². The zero-order valence-electron chi connectivity index (χ0n) is 11.1. The van der Waals surface area contributed by atoms with Crippen LogP contribution in [0.25, 0.3) is 10.1 Å². The van der Waals surface area contributed by atoms with E-state index in [0.717, 1.165) is 14.6 Å². The van der Waals surface area contributed by atoms with E-state index in [1.807, 2.05) is 18.2 Å². The molecule has 21 heavy (non-hydrogen) atoms. The second-order valence-electron chi connectivity index (χ2n) is 5.12. The number of hydrogen-bond donors (Lipinski definition) is 2. The Bertz CT molecular complexity index is 743. The Hall–Kier alpha value is -1.60. The van der Waals surface area contributed by atoms with Crippen molar-refractivity contribution >= 4 is 54.9 Å². The van der Waals surface area contributed by atoms with Crippen LogP contribution in [0, 0.1) is 5.92 Å². The van der Waals surface area contributed by atoms with Gasteiger partial charge in [0.05, 0.1) is 11.6 Å². The van der Waals surface area contributed by atoms with E-state index < -0.39 is 0 Å². The number of fused-ring (bicyclic) bond motifs is 1. The third kappa shape index (κ3) is 2.51. The molecule has 0 aliphatic carbocycles. The fourth-order valence-electron chi connectivity index (χ4n) is 2.57. The van der Waals surface area contributed by atoms with Gasteiger partial charge in [0.1, 0.15) is 4.88 Å². The summed E-state index contributed by atoms with van der Waals surface area (Å²) < 4.78 is 1.90. The summed E-state index contributed by atoms with van der Waals surface area (Å²) in [5.74, 6) is -0.717. The van der Waals surface area contributed by atoms with E-state index in [-0.39, 0.29) is 17.7 Å². The highest BCUT2D eigenvalue weighted by Crippen LogP contribution is 2.36. The van der Waals surface area contributed by atoms with Crippen LogP contribution in [0.4, 0.5) is 5.69 Å². The molecule has 1 saturated heterocycles. The van der Waals surface area contributed by atoms with Crippen molar-refractivity contribution in [2.75, 3.05) is 18.8 Å². The number of amides is 2. The molecule has 1 unspecified atom stereocenters. The zero-order chi connectivity index (χ0) is 15.1. The predicted molar refractivity (Wildman–Crippen MR) is 87.1 cm³/mol. The van der Waals surface area contributed by atoms with Gasteiger partial charge in [-0.3, -0.25) is 9.59 Å². The summed E-state index contributed by atoms with van der Waals surface area (Å²) in [5, 5.41) is 0.878. The largest absolute Gasteiger partial charge is 0.397 e. The Kier molecular flexibility index (Phi) is 3.62. The topological polar surface area (TPSA) is 89.4 Å². The number of halogens is 1. The number of anilines is 1. The van der Waals surface area contributed by atoms with Crippen molar-refractivity contribution < 1.29 is 9.59 Å². The van der Waals surface area contributed by atoms with Crippen molar-refractivity contribution in [1.82, 2.24) is 4.90 Å². The van der Waals surface area contributed by atoms with Gasteiger partial charge in [-0.2, -0.15) is 0 Å². The summed E-state index contributed by atoms with van der Waals surface area (Å²) in [6.07, 6.45) is 0.622. The minimum atomic E-state index is -0.349. The summed E-state index contributed by atoms with van der Waals surface area (Å²) in [7, 11) is 0. The highest BCUT2D eigenvalue weighted by Gasteiger charge is 2.31. The summed E-state index contributed by atoms with van der Waals surface area (Å²) in [6.45, 7) is 0.926. The Balaban J connectivity index is 1.92. The summed E-state index contributed by atoms with van der Waals surface area (Å²) in [5.41, 5.74) is 11.9. The average Bonchev–Trinajstić information content (AvgIpc) is 3.04. The van der Waals surface area contributed by atoms with Crippen LogP contribution in [0.2, 0.25) is 0 Å². The van der Waals surface area contributed by atoms with E-state index in [1.54, 1.807) is 4.90 Å². The molecule has 0 bridgehead atoms. The van der Waals surface area contributed by atoms with E-state index in [2.05, 4.69) is 15.9 Å². The second-order valence-corrected chi connectivity index (χ2v) is 7.09. The van der Waals surface area contributed by atoms with Crippen molar-refractivity contribution in [2.24, 2.45) is 11.7 Å². The maximum Gasteiger partial charge on any atom is 0.266 e. The number of likely N-dealkylation sites (tertiary alicyclic amines) is 1. The van der Waals surface area contributed by atoms with Gasteiger partial charge in [-0.25, -0.2) is 0 Å². The average molecular weight is 368 g/mol. The lowest BCUT2D eigenvalue weighted by Gasteiger charge is -2.15. The summed E-state index contributed by atoms with van der Waals surface area (Å²) in [6, 6.07) is 5.77. The Labute approximate surface area is 134 Å². The fraction of sp³-hybridized carbons (Fsp3) is 0.286. The van der Waals surface area contributed by atoms with Gasteiger partial charge in [0, 0.05) is 27.6 Å². The minimum absolute atomic E-state index is 0.117. The molecule has 1 fully saturated rings. The molecular formula is C14H14BrN3O2S. The van der Waals surface area contributed by atoms with Crippen LogP contribution in [0.15, 0.2) is 22.7 Å². The van der Waals surface area contributed by atoms with Crippen LogP contribution < -0.4 is 11.5 Å². The first-order valence-electron chi connectivity index (χ1n) is 6.53. The Morgan fingerprint density at radius 2 is 2.14 bits per heavy atom. The molecule has 4 N–H and O–H groups in total. The smallest absolute Gasteiger partial charge is 0.266 e. The third-order valence-corrected chi connectivity index (χ3v) is 5.43. The quantitative estimate of drug-likeness (QED) is 0.852. The van der Waals surface area contributed by atoms with E-state index in [4.69, 9.17) is 11.5 Å². The molecule has 3 rings (SSSR count). The monoisotopic (exact) mass is 367 g/mol. The number of benzene rings is 1. The first kappa shape index (κ1) is 14.3. The maximum atomic E-state index is 12.6. The predicted octanol–water partition coefficient (Wildman–Crippen LogP) is 2.19. The first-order valence-corrected chi connectivity index (χ1v) is 8.14. The minimum Gasteiger partial charge on any atom is -0.397 e. The van der Waals surface area contributed by atoms with Gasteiger partial charge in [0.15, 0.2) is 0 Å². The lowest BCUT2D eigenvalue weighted by atomic mass is 10.1. The number of rotatable bonds is 2. The normalized spacial score (nSPS) is 18.3. The molecule has 110 valence electrons. The van der Waals surface area contributed by atoms with E-state index >= 15 is 0 Å². The van der Waals surface area contributed by atoms with E-state index in [9.17, 15) is 9.59 Å². The number of carbonyl (C=O) groups excluding carboxylic acids is 2. The second kappa shape index (κ2) is 5.31. The molecule has 2 heterocycles. The van der Waals surface area contributed by atoms with Crippen molar-refractivity contribution in [2.45, 2.75) is 6.42 Å². The van der Waals surface area contributed by atoms with Gasteiger partial charge in [0.25, 0.3) is 5.91 Å². The number of hydrogen-bond acceptors (Lipinski definition) is 4. The molecule has 2 amide bonds. The lowest BCUT2D eigenvalue weighted by molar-refractivity contribution is -0.121. The molecule has 1 aromatic heterocycles. The van der Waals surface area contributed by atoms with Gasteiger partial charge < -0.3 is 16.4 Å². The Morgan fingerprint density at radius 1 is 1.38 bits per heavy atom. The number of carbonyl (C=O) groups is 2. The highest BCUT2D eigenvalue weighted by molar-refractivity contribution is 9.10. The highest BCUT2D eigenvalue weighted by atomic mass is 79.9. The van der Waals surface area contributed by atoms with Crippen molar-refractivity contribution in [1.29, 1.82) is 0 Å². The molecule has 1 aliphatic rings. The van der Waals surface area contributed by atoms with Crippen LogP contribution >= 0.6 is 27.3 Å². The molecule has 1 atom stereocenters. The summed E-state index contributed by atoms with van der Waals surface area (Å²) >= 11 is 4.79. The first-order chi connectivity index (χ1) is 9.97. The number of nitrogen functional groups attached to an aromatic ring is 1. The van der Waals surface area contributed by atoms with Crippen LogP contribution in [0.3, 0.4) is 0 Å². The van der Waals surface area contributed by atoms with Gasteiger partial charge in [-0.1, -0.05) is 15.9 Å². The lowest BCUT2D eigenvalue weighted by Crippen LogP contribution is -2.31. The van der Waals surface area contributed by atoms with Gasteiger partial charge in [-0.05, 0) is 24.6 Å². The SMILES string of the molecule is NC(=O)C1CCN(C(=O)c2sc3ccc(Br)cc3c2N)C1. The van der Waals surface area contributed by atoms with Gasteiger partial charge in [-0.15, -0.1) is 11.3 Å². The van der Waals surface area contributed by atoms with E-state index in [0.29, 0.717) is 30.1 Å². The molecule has 5 nitrogen and oxygen atoms in total. The van der Waals surface area contributed by atoms with Crippen molar-refractivity contribution in [3.63, 3.8) is 0 Å². The van der Waals surface area contributed by atoms with Gasteiger partial charge >= 0.3 is 0 Å². The molecule has 0 spiro atoms. The number of nitrogens with two attached hydrogens (primary N) is 2. The third-order valence-electron chi connectivity index (χ3n) is 3.76. The number of thiophene rings is 1. The molecular weight excluding hydrogens is 354 g/mol. The maximum absolute atomic E-state index is 12.6.